The van der Waals surface area contributed by atoms with Gasteiger partial charge in [-0.25, -0.2) is 0 Å². The molecule has 1 N–H and O–H groups in total. The third-order valence-corrected chi connectivity index (χ3v) is 4.66. The molecule has 0 atom stereocenters. The molecule has 0 aliphatic heterocycles. The second-order valence-electron chi connectivity index (χ2n) is 5.33. The minimum Gasteiger partial charge on any atom is -0.348 e. The molecular weight excluding hydrogens is 335 g/mol. The number of hydrogen-bond donors (Lipinski definition) is 1. The maximum Gasteiger partial charge on any atom is 0.173 e. The van der Waals surface area contributed by atoms with Gasteiger partial charge >= 0.3 is 0 Å². The lowest BCUT2D eigenvalue weighted by Gasteiger charge is -2.21. The molecule has 0 unspecified atom stereocenters. The largest absolute Gasteiger partial charge is 0.348 e. The van der Waals surface area contributed by atoms with Crippen molar-refractivity contribution < 1.29 is 0 Å². The number of halogens is 2. The van der Waals surface area contributed by atoms with Crippen molar-refractivity contribution in [3.8, 4) is 0 Å². The van der Waals surface area contributed by atoms with Crippen LogP contribution in [0.2, 0.25) is 10.0 Å². The zero-order chi connectivity index (χ0) is 16.3. The number of aryl methyl sites for hydroxylation is 2. The number of hydrogen-bond acceptors (Lipinski definition) is 1. The monoisotopic (exact) mass is 352 g/mol. The number of nitrogens with one attached hydrogen (secondary N) is 1. The number of anilines is 1. The Bertz CT molecular complexity index is 701. The molecule has 2 aromatic carbocycles. The maximum atomic E-state index is 6.04. The van der Waals surface area contributed by atoms with E-state index in [1.165, 1.54) is 11.1 Å². The third-order valence-electron chi connectivity index (χ3n) is 3.51. The molecule has 0 fully saturated rings. The van der Waals surface area contributed by atoms with E-state index in [2.05, 4.69) is 31.3 Å². The van der Waals surface area contributed by atoms with Gasteiger partial charge in [-0.05, 0) is 67.0 Å². The lowest BCUT2D eigenvalue weighted by molar-refractivity contribution is 0.508. The van der Waals surface area contributed by atoms with Gasteiger partial charge in [0.15, 0.2) is 5.11 Å². The van der Waals surface area contributed by atoms with E-state index in [1.54, 1.807) is 6.07 Å². The summed E-state index contributed by atoms with van der Waals surface area (Å²) in [5, 5.41) is 5.03. The summed E-state index contributed by atoms with van der Waals surface area (Å²) in [5.74, 6) is 0. The molecule has 0 aliphatic rings. The van der Waals surface area contributed by atoms with Crippen LogP contribution in [-0.4, -0.2) is 17.1 Å². The molecule has 0 radical (unpaired) electrons. The fraction of sp³-hybridized carbons (Fsp3) is 0.235. The van der Waals surface area contributed by atoms with Gasteiger partial charge in [-0.1, -0.05) is 35.3 Å². The summed E-state index contributed by atoms with van der Waals surface area (Å²) in [5.41, 5.74) is 4.55. The summed E-state index contributed by atoms with van der Waals surface area (Å²) in [4.78, 5) is 1.96. The predicted octanol–water partition coefficient (Wildman–Crippen LogP) is 5.44. The van der Waals surface area contributed by atoms with Crippen LogP contribution in [0.4, 0.5) is 5.69 Å². The number of benzene rings is 2. The first-order chi connectivity index (χ1) is 10.4. The zero-order valence-electron chi connectivity index (χ0n) is 12.8. The Morgan fingerprint density at radius 1 is 1.05 bits per heavy atom. The van der Waals surface area contributed by atoms with Crippen LogP contribution < -0.4 is 5.32 Å². The van der Waals surface area contributed by atoms with Crippen LogP contribution in [0.5, 0.6) is 0 Å². The van der Waals surface area contributed by atoms with Gasteiger partial charge in [0.05, 0.1) is 10.0 Å². The highest BCUT2D eigenvalue weighted by Crippen LogP contribution is 2.23. The second kappa shape index (κ2) is 7.32. The van der Waals surface area contributed by atoms with E-state index in [4.69, 9.17) is 35.4 Å². The summed E-state index contributed by atoms with van der Waals surface area (Å²) in [6.07, 6.45) is 0. The van der Waals surface area contributed by atoms with Crippen LogP contribution >= 0.6 is 35.4 Å². The van der Waals surface area contributed by atoms with Gasteiger partial charge in [-0.2, -0.15) is 0 Å². The number of nitrogens with zero attached hydrogens (tertiary/aromatic N) is 1. The molecule has 0 aromatic heterocycles. The normalized spacial score (nSPS) is 10.4. The highest BCUT2D eigenvalue weighted by Gasteiger charge is 2.08. The first kappa shape index (κ1) is 17.1. The van der Waals surface area contributed by atoms with Crippen molar-refractivity contribution >= 4 is 46.2 Å². The van der Waals surface area contributed by atoms with E-state index >= 15 is 0 Å². The molecule has 2 rings (SSSR count). The van der Waals surface area contributed by atoms with E-state index in [0.717, 1.165) is 11.3 Å². The van der Waals surface area contributed by atoms with Crippen molar-refractivity contribution in [2.24, 2.45) is 0 Å². The number of thiocarbonyl (C=S) groups is 1. The molecule has 0 heterocycles. The molecule has 0 bridgehead atoms. The van der Waals surface area contributed by atoms with Crippen LogP contribution in [0, 0.1) is 13.8 Å². The first-order valence-electron chi connectivity index (χ1n) is 6.90. The lowest BCUT2D eigenvalue weighted by Crippen LogP contribution is -2.30. The first-order valence-corrected chi connectivity index (χ1v) is 8.06. The Morgan fingerprint density at radius 2 is 1.77 bits per heavy atom. The van der Waals surface area contributed by atoms with Crippen LogP contribution in [0.15, 0.2) is 36.4 Å². The van der Waals surface area contributed by atoms with Gasteiger partial charge in [-0.15, -0.1) is 0 Å². The Hall–Kier alpha value is -1.29. The molecule has 5 heteroatoms. The molecule has 116 valence electrons. The average molecular weight is 353 g/mol. The molecule has 0 saturated carbocycles. The highest BCUT2D eigenvalue weighted by molar-refractivity contribution is 7.80. The predicted molar refractivity (Wildman–Crippen MR) is 100 cm³/mol. The topological polar surface area (TPSA) is 15.3 Å². The molecule has 22 heavy (non-hydrogen) atoms. The van der Waals surface area contributed by atoms with Gasteiger partial charge in [0.1, 0.15) is 0 Å². The maximum absolute atomic E-state index is 6.04. The van der Waals surface area contributed by atoms with Crippen LogP contribution in [0.25, 0.3) is 0 Å². The van der Waals surface area contributed by atoms with Crippen LogP contribution in [0.3, 0.4) is 0 Å². The summed E-state index contributed by atoms with van der Waals surface area (Å²) in [6, 6.07) is 11.8. The van der Waals surface area contributed by atoms with Crippen molar-refractivity contribution in [1.29, 1.82) is 0 Å². The van der Waals surface area contributed by atoms with E-state index in [-0.39, 0.29) is 0 Å². The zero-order valence-corrected chi connectivity index (χ0v) is 15.1. The highest BCUT2D eigenvalue weighted by atomic mass is 35.5. The minimum absolute atomic E-state index is 0.556. The Labute approximate surface area is 147 Å². The van der Waals surface area contributed by atoms with E-state index in [1.807, 2.05) is 30.1 Å². The van der Waals surface area contributed by atoms with Crippen molar-refractivity contribution in [2.75, 3.05) is 12.4 Å². The van der Waals surface area contributed by atoms with Gasteiger partial charge in [-0.3, -0.25) is 0 Å². The quantitative estimate of drug-likeness (QED) is 0.740. The van der Waals surface area contributed by atoms with Crippen molar-refractivity contribution in [2.45, 2.75) is 20.4 Å². The molecule has 0 saturated heterocycles. The van der Waals surface area contributed by atoms with Gasteiger partial charge in [0.2, 0.25) is 0 Å². The standard InChI is InChI=1S/C17H18Cl2N2S/c1-11-4-6-14(8-12(11)2)20-17(22)21(3)10-13-5-7-15(18)16(19)9-13/h4-9H,10H2,1-3H3,(H,20,22). The summed E-state index contributed by atoms with van der Waals surface area (Å²) in [6.45, 7) is 4.84. The smallest absolute Gasteiger partial charge is 0.173 e. The summed E-state index contributed by atoms with van der Waals surface area (Å²) in [7, 11) is 1.94. The lowest BCUT2D eigenvalue weighted by atomic mass is 10.1. The molecular formula is C17H18Cl2N2S. The third kappa shape index (κ3) is 4.35. The molecule has 0 spiro atoms. The Balaban J connectivity index is 2.02. The molecule has 0 amide bonds. The van der Waals surface area contributed by atoms with E-state index in [9.17, 15) is 0 Å². The summed E-state index contributed by atoms with van der Waals surface area (Å²) >= 11 is 17.4. The molecule has 2 nitrogen and oxygen atoms in total. The second-order valence-corrected chi connectivity index (χ2v) is 6.53. The van der Waals surface area contributed by atoms with Crippen molar-refractivity contribution in [1.82, 2.24) is 4.90 Å². The molecule has 0 aliphatic carbocycles. The van der Waals surface area contributed by atoms with Crippen molar-refractivity contribution in [3.63, 3.8) is 0 Å². The fourth-order valence-corrected chi connectivity index (χ4v) is 2.52. The van der Waals surface area contributed by atoms with Gasteiger partial charge in [0, 0.05) is 19.3 Å². The number of rotatable bonds is 3. The Kier molecular flexibility index (Phi) is 5.68. The van der Waals surface area contributed by atoms with E-state index < -0.39 is 0 Å². The van der Waals surface area contributed by atoms with E-state index in [0.29, 0.717) is 21.7 Å². The van der Waals surface area contributed by atoms with Crippen molar-refractivity contribution in [3.05, 3.63) is 63.1 Å². The van der Waals surface area contributed by atoms with Crippen LogP contribution in [-0.2, 0) is 6.54 Å². The summed E-state index contributed by atoms with van der Waals surface area (Å²) < 4.78 is 0. The minimum atomic E-state index is 0.556. The SMILES string of the molecule is Cc1ccc(NC(=S)N(C)Cc2ccc(Cl)c(Cl)c2)cc1C. The Morgan fingerprint density at radius 3 is 2.41 bits per heavy atom. The fourth-order valence-electron chi connectivity index (χ4n) is 2.02. The average Bonchev–Trinajstić information content (AvgIpc) is 2.46. The molecule has 2 aromatic rings. The van der Waals surface area contributed by atoms with Gasteiger partial charge < -0.3 is 10.2 Å². The van der Waals surface area contributed by atoms with Gasteiger partial charge in [0.25, 0.3) is 0 Å². The van der Waals surface area contributed by atoms with Crippen LogP contribution in [0.1, 0.15) is 16.7 Å².